The monoisotopic (exact) mass is 292 g/mol. The highest BCUT2D eigenvalue weighted by atomic mass is 32.2. The van der Waals surface area contributed by atoms with Crippen LogP contribution in [0, 0.1) is 11.3 Å². The lowest BCUT2D eigenvalue weighted by molar-refractivity contribution is -0.157. The van der Waals surface area contributed by atoms with Crippen LogP contribution in [-0.2, 0) is 24.2 Å². The van der Waals surface area contributed by atoms with Crippen molar-refractivity contribution in [2.24, 2.45) is 11.3 Å². The van der Waals surface area contributed by atoms with Crippen LogP contribution >= 0.6 is 0 Å². The van der Waals surface area contributed by atoms with E-state index < -0.39 is 32.8 Å². The van der Waals surface area contributed by atoms with E-state index in [1.54, 1.807) is 6.92 Å². The topological polar surface area (TPSA) is 77.5 Å². The first-order valence-electron chi connectivity index (χ1n) is 6.44. The van der Waals surface area contributed by atoms with Crippen molar-refractivity contribution in [2.75, 3.05) is 18.1 Å². The van der Waals surface area contributed by atoms with Crippen molar-refractivity contribution in [1.82, 2.24) is 0 Å². The first-order chi connectivity index (χ1) is 8.53. The number of carbonyl (C=O) groups excluding carboxylic acids is 2. The van der Waals surface area contributed by atoms with Crippen LogP contribution in [0.5, 0.6) is 0 Å². The summed E-state index contributed by atoms with van der Waals surface area (Å²) in [5.74, 6) is -1.68. The van der Waals surface area contributed by atoms with Gasteiger partial charge in [0.2, 0.25) is 0 Å². The minimum atomic E-state index is -3.46. The summed E-state index contributed by atoms with van der Waals surface area (Å²) >= 11 is 0. The molecule has 0 aliphatic heterocycles. The highest BCUT2D eigenvalue weighted by molar-refractivity contribution is 7.92. The van der Waals surface area contributed by atoms with E-state index in [0.717, 1.165) is 0 Å². The molecular formula is C13H24O5S. The summed E-state index contributed by atoms with van der Waals surface area (Å²) in [6.45, 7) is 8.42. The van der Waals surface area contributed by atoms with Crippen LogP contribution in [0.25, 0.3) is 0 Å². The second kappa shape index (κ2) is 7.03. The number of rotatable bonds is 8. The van der Waals surface area contributed by atoms with Gasteiger partial charge in [-0.2, -0.15) is 0 Å². The second-order valence-electron chi connectivity index (χ2n) is 5.54. The van der Waals surface area contributed by atoms with Crippen LogP contribution in [0.2, 0.25) is 0 Å². The van der Waals surface area contributed by atoms with Crippen molar-refractivity contribution in [3.05, 3.63) is 0 Å². The third kappa shape index (κ3) is 6.18. The zero-order chi connectivity index (χ0) is 15.3. The van der Waals surface area contributed by atoms with Crippen LogP contribution in [0.1, 0.15) is 41.0 Å². The van der Waals surface area contributed by atoms with Gasteiger partial charge < -0.3 is 4.74 Å². The molecule has 112 valence electrons. The van der Waals surface area contributed by atoms with E-state index in [1.807, 2.05) is 13.8 Å². The molecule has 0 fully saturated rings. The maximum absolute atomic E-state index is 12.0. The van der Waals surface area contributed by atoms with Gasteiger partial charge in [-0.1, -0.05) is 13.8 Å². The lowest BCUT2D eigenvalue weighted by Gasteiger charge is -2.20. The number of ketones is 1. The smallest absolute Gasteiger partial charge is 0.319 e. The normalized spacial score (nSPS) is 12.5. The summed E-state index contributed by atoms with van der Waals surface area (Å²) in [7, 11) is -3.46. The van der Waals surface area contributed by atoms with Crippen molar-refractivity contribution in [2.45, 2.75) is 41.0 Å². The molecule has 0 aromatic carbocycles. The number of sulfone groups is 1. The highest BCUT2D eigenvalue weighted by Crippen LogP contribution is 2.20. The van der Waals surface area contributed by atoms with Crippen molar-refractivity contribution >= 4 is 21.6 Å². The average molecular weight is 292 g/mol. The summed E-state index contributed by atoms with van der Waals surface area (Å²) in [6.07, 6.45) is 0.509. The van der Waals surface area contributed by atoms with E-state index in [2.05, 4.69) is 0 Å². The zero-order valence-electron chi connectivity index (χ0n) is 12.4. The quantitative estimate of drug-likeness (QED) is 0.501. The standard InChI is InChI=1S/C13H24O5S/c1-6-18-12(15)13(4,5)11(14)9-19(16,17)8-7-10(2)3/h10H,6-9H2,1-5H3. The van der Waals surface area contributed by atoms with Gasteiger partial charge in [0.1, 0.15) is 11.2 Å². The molecule has 0 saturated heterocycles. The van der Waals surface area contributed by atoms with E-state index in [-0.39, 0.29) is 18.3 Å². The fourth-order valence-electron chi connectivity index (χ4n) is 1.29. The maximum atomic E-state index is 12.0. The molecule has 0 atom stereocenters. The Kier molecular flexibility index (Phi) is 6.69. The minimum Gasteiger partial charge on any atom is -0.465 e. The molecule has 6 heteroatoms. The third-order valence-electron chi connectivity index (χ3n) is 2.84. The average Bonchev–Trinajstić information content (AvgIpc) is 2.26. The number of Topliss-reactive ketones (excluding diaryl/α,β-unsaturated/α-hetero) is 1. The van der Waals surface area contributed by atoms with E-state index in [4.69, 9.17) is 4.74 Å². The van der Waals surface area contributed by atoms with Crippen LogP contribution < -0.4 is 0 Å². The molecule has 0 bridgehead atoms. The lowest BCUT2D eigenvalue weighted by Crippen LogP contribution is -2.39. The Morgan fingerprint density at radius 2 is 1.74 bits per heavy atom. The van der Waals surface area contributed by atoms with Gasteiger partial charge >= 0.3 is 5.97 Å². The van der Waals surface area contributed by atoms with Crippen LogP contribution in [0.3, 0.4) is 0 Å². The third-order valence-corrected chi connectivity index (χ3v) is 4.40. The Labute approximate surface area is 115 Å². The van der Waals surface area contributed by atoms with Crippen molar-refractivity contribution < 1.29 is 22.7 Å². The van der Waals surface area contributed by atoms with Gasteiger partial charge in [-0.25, -0.2) is 8.42 Å². The van der Waals surface area contributed by atoms with Crippen molar-refractivity contribution in [3.8, 4) is 0 Å². The second-order valence-corrected chi connectivity index (χ2v) is 7.73. The van der Waals surface area contributed by atoms with E-state index in [9.17, 15) is 18.0 Å². The zero-order valence-corrected chi connectivity index (χ0v) is 13.2. The van der Waals surface area contributed by atoms with Crippen LogP contribution in [-0.4, -0.2) is 38.3 Å². The predicted molar refractivity (Wildman–Crippen MR) is 73.5 cm³/mol. The van der Waals surface area contributed by atoms with Gasteiger partial charge in [0.15, 0.2) is 15.6 Å². The molecule has 19 heavy (non-hydrogen) atoms. The summed E-state index contributed by atoms with van der Waals surface area (Å²) in [5.41, 5.74) is -1.42. The summed E-state index contributed by atoms with van der Waals surface area (Å²) in [6, 6.07) is 0. The Hall–Kier alpha value is -0.910. The molecule has 0 amide bonds. The molecule has 0 N–H and O–H groups in total. The van der Waals surface area contributed by atoms with Gasteiger partial charge in [0.05, 0.1) is 12.4 Å². The SMILES string of the molecule is CCOC(=O)C(C)(C)C(=O)CS(=O)(=O)CCC(C)C. The minimum absolute atomic E-state index is 0.0324. The summed E-state index contributed by atoms with van der Waals surface area (Å²) in [5, 5.41) is 0. The molecule has 0 unspecified atom stereocenters. The molecular weight excluding hydrogens is 268 g/mol. The molecule has 0 aliphatic rings. The first kappa shape index (κ1) is 18.1. The molecule has 5 nitrogen and oxygen atoms in total. The fourth-order valence-corrected chi connectivity index (χ4v) is 3.03. The summed E-state index contributed by atoms with van der Waals surface area (Å²) < 4.78 is 28.4. The fraction of sp³-hybridized carbons (Fsp3) is 0.846. The molecule has 0 spiro atoms. The maximum Gasteiger partial charge on any atom is 0.319 e. The van der Waals surface area contributed by atoms with E-state index >= 15 is 0 Å². The molecule has 0 saturated carbocycles. The van der Waals surface area contributed by atoms with Crippen LogP contribution in [0.15, 0.2) is 0 Å². The first-order valence-corrected chi connectivity index (χ1v) is 8.26. The Morgan fingerprint density at radius 1 is 1.21 bits per heavy atom. The molecule has 0 aromatic heterocycles. The number of esters is 1. The number of carbonyl (C=O) groups is 2. The largest absolute Gasteiger partial charge is 0.465 e. The predicted octanol–water partition coefficient (Wildman–Crippen LogP) is 1.61. The Balaban J connectivity index is 4.72. The number of ether oxygens (including phenoxy) is 1. The van der Waals surface area contributed by atoms with E-state index in [0.29, 0.717) is 6.42 Å². The van der Waals surface area contributed by atoms with Gasteiger partial charge in [0, 0.05) is 0 Å². The van der Waals surface area contributed by atoms with Gasteiger partial charge in [-0.3, -0.25) is 9.59 Å². The Morgan fingerprint density at radius 3 is 2.16 bits per heavy atom. The van der Waals surface area contributed by atoms with Gasteiger partial charge in [0.25, 0.3) is 0 Å². The molecule has 0 aliphatic carbocycles. The van der Waals surface area contributed by atoms with E-state index in [1.165, 1.54) is 13.8 Å². The van der Waals surface area contributed by atoms with Gasteiger partial charge in [-0.05, 0) is 33.1 Å². The van der Waals surface area contributed by atoms with Crippen LogP contribution in [0.4, 0.5) is 0 Å². The molecule has 0 heterocycles. The Bertz CT molecular complexity index is 420. The molecule has 0 aromatic rings. The van der Waals surface area contributed by atoms with Crippen molar-refractivity contribution in [3.63, 3.8) is 0 Å². The lowest BCUT2D eigenvalue weighted by atomic mass is 9.89. The number of hydrogen-bond donors (Lipinski definition) is 0. The van der Waals surface area contributed by atoms with Crippen molar-refractivity contribution in [1.29, 1.82) is 0 Å². The molecule has 0 rings (SSSR count). The number of hydrogen-bond acceptors (Lipinski definition) is 5. The highest BCUT2D eigenvalue weighted by Gasteiger charge is 2.39. The summed E-state index contributed by atoms with van der Waals surface area (Å²) in [4.78, 5) is 23.6. The molecule has 0 radical (unpaired) electrons. The van der Waals surface area contributed by atoms with Gasteiger partial charge in [-0.15, -0.1) is 0 Å².